The summed E-state index contributed by atoms with van der Waals surface area (Å²) in [6, 6.07) is 8.82. The summed E-state index contributed by atoms with van der Waals surface area (Å²) in [4.78, 5) is 1.33. The summed E-state index contributed by atoms with van der Waals surface area (Å²) in [5.74, 6) is 1.45. The molecule has 0 spiro atoms. The van der Waals surface area contributed by atoms with E-state index in [2.05, 4.69) is 34.7 Å². The minimum atomic E-state index is 0.0255. The number of benzene rings is 1. The largest absolute Gasteiger partial charge is 0.215 e. The summed E-state index contributed by atoms with van der Waals surface area (Å²) >= 11 is 1.99. The van der Waals surface area contributed by atoms with Crippen molar-refractivity contribution in [3.05, 3.63) is 59.7 Å². The fraction of sp³-hybridized carbons (Fsp3) is 0.500. The molecule has 3 aliphatic carbocycles. The van der Waals surface area contributed by atoms with E-state index in [-0.39, 0.29) is 17.5 Å². The van der Waals surface area contributed by atoms with E-state index < -0.39 is 0 Å². The molecule has 164 valence electrons. The molecule has 4 aliphatic rings. The van der Waals surface area contributed by atoms with Gasteiger partial charge in [-0.1, -0.05) is 81.0 Å². The SMILES string of the molecule is C1=C(C2CCCCC2)C(C2CCCCC2)=NSc2ccccc21.O=S=NC1C=CC=C1. The standard InChI is InChI=1S/C21H27NS.C5H5NOS/c1-3-9-16(10-4-1)19-15-18-13-7-8-14-20(18)23-22-21(19)17-11-5-2-6-12-17;7-8-6-5-3-1-2-4-5/h7-8,13-17H,1-6,9-12H2;1-5H. The fourth-order valence-electron chi connectivity index (χ4n) is 5.04. The molecular formula is C26H32N2OS2. The second-order valence-corrected chi connectivity index (χ2v) is 9.98. The fourth-order valence-corrected chi connectivity index (χ4v) is 6.11. The Hall–Kier alpha value is -1.72. The van der Waals surface area contributed by atoms with Crippen LogP contribution in [0.25, 0.3) is 6.08 Å². The van der Waals surface area contributed by atoms with Gasteiger partial charge in [0.25, 0.3) is 0 Å². The number of hydrogen-bond acceptors (Lipinski definition) is 4. The molecule has 0 atom stereocenters. The average molecular weight is 453 g/mol. The van der Waals surface area contributed by atoms with Crippen molar-refractivity contribution < 1.29 is 4.21 Å². The molecule has 2 fully saturated rings. The second-order valence-electron chi connectivity index (χ2n) is 8.82. The van der Waals surface area contributed by atoms with E-state index in [0.717, 1.165) is 5.92 Å². The zero-order chi connectivity index (χ0) is 21.3. The van der Waals surface area contributed by atoms with Crippen LogP contribution in [0.5, 0.6) is 0 Å². The van der Waals surface area contributed by atoms with Gasteiger partial charge in [0, 0.05) is 22.8 Å². The van der Waals surface area contributed by atoms with Crippen molar-refractivity contribution in [3.8, 4) is 0 Å². The Labute approximate surface area is 194 Å². The molecule has 31 heavy (non-hydrogen) atoms. The van der Waals surface area contributed by atoms with Crippen LogP contribution in [-0.4, -0.2) is 16.0 Å². The van der Waals surface area contributed by atoms with Gasteiger partial charge in [-0.15, -0.1) is 0 Å². The van der Waals surface area contributed by atoms with Gasteiger partial charge in [-0.05, 0) is 54.9 Å². The molecule has 1 aliphatic heterocycles. The molecule has 5 rings (SSSR count). The van der Waals surface area contributed by atoms with Crippen molar-refractivity contribution >= 4 is 35.2 Å². The van der Waals surface area contributed by atoms with Gasteiger partial charge in [0.05, 0.1) is 5.71 Å². The van der Waals surface area contributed by atoms with Crippen LogP contribution in [0.2, 0.25) is 0 Å². The molecule has 0 radical (unpaired) electrons. The number of hydrogen-bond donors (Lipinski definition) is 0. The van der Waals surface area contributed by atoms with Crippen molar-refractivity contribution in [2.45, 2.75) is 75.1 Å². The topological polar surface area (TPSA) is 41.8 Å². The van der Waals surface area contributed by atoms with Crippen LogP contribution in [0, 0.1) is 11.8 Å². The van der Waals surface area contributed by atoms with Crippen molar-refractivity contribution in [2.24, 2.45) is 20.6 Å². The van der Waals surface area contributed by atoms with Gasteiger partial charge in [0.15, 0.2) is 11.5 Å². The van der Waals surface area contributed by atoms with E-state index in [0.29, 0.717) is 5.92 Å². The maximum absolute atomic E-state index is 9.77. The van der Waals surface area contributed by atoms with Crippen LogP contribution in [0.3, 0.4) is 0 Å². The van der Waals surface area contributed by atoms with Crippen molar-refractivity contribution in [3.63, 3.8) is 0 Å². The molecule has 0 saturated heterocycles. The number of nitrogens with zero attached hydrogens (tertiary/aromatic N) is 2. The monoisotopic (exact) mass is 452 g/mol. The smallest absolute Gasteiger partial charge is 0.200 e. The third-order valence-electron chi connectivity index (χ3n) is 6.70. The van der Waals surface area contributed by atoms with E-state index in [1.54, 1.807) is 17.5 Å². The first-order valence-electron chi connectivity index (χ1n) is 11.7. The Balaban J connectivity index is 0.000000245. The van der Waals surface area contributed by atoms with Crippen LogP contribution in [0.15, 0.2) is 67.8 Å². The first-order chi connectivity index (χ1) is 15.3. The Morgan fingerprint density at radius 3 is 2.19 bits per heavy atom. The van der Waals surface area contributed by atoms with Crippen LogP contribution in [0.4, 0.5) is 0 Å². The van der Waals surface area contributed by atoms with Gasteiger partial charge in [0.2, 0.25) is 0 Å². The Bertz CT molecular complexity index is 903. The minimum Gasteiger partial charge on any atom is -0.215 e. The Kier molecular flexibility index (Phi) is 8.53. The van der Waals surface area contributed by atoms with Crippen LogP contribution in [-0.2, 0) is 11.5 Å². The maximum atomic E-state index is 9.77. The van der Waals surface area contributed by atoms with E-state index in [9.17, 15) is 4.21 Å². The number of rotatable bonds is 3. The zero-order valence-electron chi connectivity index (χ0n) is 18.1. The highest BCUT2D eigenvalue weighted by Gasteiger charge is 2.29. The van der Waals surface area contributed by atoms with Gasteiger partial charge in [-0.3, -0.25) is 0 Å². The van der Waals surface area contributed by atoms with Crippen molar-refractivity contribution in [2.75, 3.05) is 0 Å². The first-order valence-corrected chi connectivity index (χ1v) is 13.2. The van der Waals surface area contributed by atoms with E-state index >= 15 is 0 Å². The molecule has 0 amide bonds. The maximum Gasteiger partial charge on any atom is 0.200 e. The molecule has 0 unspecified atom stereocenters. The summed E-state index contributed by atoms with van der Waals surface area (Å²) < 4.78 is 18.5. The van der Waals surface area contributed by atoms with Crippen molar-refractivity contribution in [1.29, 1.82) is 0 Å². The normalized spacial score (nSPS) is 21.9. The summed E-state index contributed by atoms with van der Waals surface area (Å²) in [7, 11) is 0. The summed E-state index contributed by atoms with van der Waals surface area (Å²) in [5, 5.41) is 0. The average Bonchev–Trinajstić information content (AvgIpc) is 3.26. The summed E-state index contributed by atoms with van der Waals surface area (Å²) in [6.45, 7) is 0. The molecule has 1 aromatic carbocycles. The molecule has 2 saturated carbocycles. The molecular weight excluding hydrogens is 420 g/mol. The molecule has 0 N–H and O–H groups in total. The Morgan fingerprint density at radius 1 is 0.871 bits per heavy atom. The lowest BCUT2D eigenvalue weighted by atomic mass is 9.75. The lowest BCUT2D eigenvalue weighted by Crippen LogP contribution is -2.24. The summed E-state index contributed by atoms with van der Waals surface area (Å²) in [5.41, 5.74) is 4.43. The predicted molar refractivity (Wildman–Crippen MR) is 133 cm³/mol. The van der Waals surface area contributed by atoms with E-state index in [1.165, 1.54) is 80.4 Å². The summed E-state index contributed by atoms with van der Waals surface area (Å²) in [6.07, 6.45) is 23.8. The highest BCUT2D eigenvalue weighted by atomic mass is 32.2. The molecule has 3 nitrogen and oxygen atoms in total. The van der Waals surface area contributed by atoms with E-state index in [4.69, 9.17) is 4.40 Å². The first kappa shape index (κ1) is 22.5. The van der Waals surface area contributed by atoms with Gasteiger partial charge >= 0.3 is 0 Å². The van der Waals surface area contributed by atoms with Crippen LogP contribution < -0.4 is 0 Å². The van der Waals surface area contributed by atoms with Gasteiger partial charge in [-0.25, -0.2) is 4.40 Å². The highest BCUT2D eigenvalue weighted by Crippen LogP contribution is 2.40. The van der Waals surface area contributed by atoms with Gasteiger partial charge < -0.3 is 0 Å². The number of fused-ring (bicyclic) bond motifs is 1. The lowest BCUT2D eigenvalue weighted by molar-refractivity contribution is 0.402. The third-order valence-corrected chi connectivity index (χ3v) is 7.88. The molecule has 1 aromatic rings. The predicted octanol–water partition coefficient (Wildman–Crippen LogP) is 7.57. The second kappa shape index (κ2) is 11.8. The van der Waals surface area contributed by atoms with Crippen LogP contribution in [0.1, 0.15) is 69.8 Å². The van der Waals surface area contributed by atoms with Gasteiger partial charge in [-0.2, -0.15) is 8.57 Å². The van der Waals surface area contributed by atoms with E-state index in [1.807, 2.05) is 24.3 Å². The van der Waals surface area contributed by atoms with Gasteiger partial charge in [0.1, 0.15) is 6.04 Å². The quantitative estimate of drug-likeness (QED) is 0.444. The van der Waals surface area contributed by atoms with Crippen LogP contribution >= 0.6 is 11.9 Å². The molecule has 1 heterocycles. The zero-order valence-corrected chi connectivity index (χ0v) is 19.8. The molecule has 0 aromatic heterocycles. The molecule has 5 heteroatoms. The van der Waals surface area contributed by atoms with Crippen molar-refractivity contribution in [1.82, 2.24) is 0 Å². The third kappa shape index (κ3) is 6.17. The molecule has 0 bridgehead atoms. The minimum absolute atomic E-state index is 0.0255. The number of allylic oxidation sites excluding steroid dienone is 3. The lowest BCUT2D eigenvalue weighted by Gasteiger charge is -2.30. The Morgan fingerprint density at radius 2 is 1.52 bits per heavy atom. The highest BCUT2D eigenvalue weighted by molar-refractivity contribution is 7.98.